The van der Waals surface area contributed by atoms with E-state index in [0.717, 1.165) is 25.7 Å². The average Bonchev–Trinajstić information content (AvgIpc) is 3.43. The standard InChI is InChI=1S/C19H27N5O3S/c1-22-18(23-10-4-5-11-23)17(13-20-22)19(25)24-12-6-9-16(14-24)28(26,27)21-15-7-2-3-8-15/h4-5,10-11,13,15-16,21H,2-3,6-9,12,14H2,1H3/t16-/m0/s1. The molecule has 2 aromatic rings. The third kappa shape index (κ3) is 3.73. The van der Waals surface area contributed by atoms with Crippen LogP contribution in [0.25, 0.3) is 5.82 Å². The van der Waals surface area contributed by atoms with Gasteiger partial charge in [-0.15, -0.1) is 0 Å². The fraction of sp³-hybridized carbons (Fsp3) is 0.579. The minimum atomic E-state index is -3.43. The molecule has 2 aromatic heterocycles. The number of nitrogens with zero attached hydrogens (tertiary/aromatic N) is 4. The van der Waals surface area contributed by atoms with E-state index in [1.807, 2.05) is 29.1 Å². The number of carbonyl (C=O) groups excluding carboxylic acids is 1. The van der Waals surface area contributed by atoms with Crippen molar-refractivity contribution >= 4 is 15.9 Å². The first-order valence-corrected chi connectivity index (χ1v) is 11.5. The number of amides is 1. The Morgan fingerprint density at radius 3 is 2.57 bits per heavy atom. The third-order valence-corrected chi connectivity index (χ3v) is 7.70. The van der Waals surface area contributed by atoms with Gasteiger partial charge in [-0.25, -0.2) is 13.1 Å². The Kier molecular flexibility index (Phi) is 5.29. The maximum Gasteiger partial charge on any atom is 0.259 e. The van der Waals surface area contributed by atoms with Gasteiger partial charge in [0.15, 0.2) is 0 Å². The van der Waals surface area contributed by atoms with Crippen LogP contribution in [0.3, 0.4) is 0 Å². The summed E-state index contributed by atoms with van der Waals surface area (Å²) in [5.41, 5.74) is 0.487. The topological polar surface area (TPSA) is 89.2 Å². The van der Waals surface area contributed by atoms with Crippen molar-refractivity contribution in [2.75, 3.05) is 13.1 Å². The summed E-state index contributed by atoms with van der Waals surface area (Å²) >= 11 is 0. The summed E-state index contributed by atoms with van der Waals surface area (Å²) in [6, 6.07) is 3.83. The number of aryl methyl sites for hydroxylation is 1. The van der Waals surface area contributed by atoms with Crippen molar-refractivity contribution < 1.29 is 13.2 Å². The molecular weight excluding hydrogens is 378 g/mol. The first-order valence-electron chi connectivity index (χ1n) is 9.91. The van der Waals surface area contributed by atoms with E-state index < -0.39 is 15.3 Å². The largest absolute Gasteiger partial charge is 0.337 e. The van der Waals surface area contributed by atoms with Gasteiger partial charge in [-0.05, 0) is 37.8 Å². The number of likely N-dealkylation sites (tertiary alicyclic amines) is 1. The van der Waals surface area contributed by atoms with Crippen molar-refractivity contribution in [2.45, 2.75) is 49.8 Å². The lowest BCUT2D eigenvalue weighted by atomic mass is 10.1. The molecule has 1 N–H and O–H groups in total. The molecule has 0 spiro atoms. The number of aromatic nitrogens is 3. The number of hydrogen-bond acceptors (Lipinski definition) is 4. The van der Waals surface area contributed by atoms with Crippen LogP contribution in [0.1, 0.15) is 48.9 Å². The molecule has 1 saturated heterocycles. The lowest BCUT2D eigenvalue weighted by Gasteiger charge is -2.33. The lowest BCUT2D eigenvalue weighted by molar-refractivity contribution is 0.0726. The van der Waals surface area contributed by atoms with Gasteiger partial charge in [-0.3, -0.25) is 9.48 Å². The molecule has 1 aliphatic heterocycles. The van der Waals surface area contributed by atoms with Crippen molar-refractivity contribution in [2.24, 2.45) is 7.05 Å². The highest BCUT2D eigenvalue weighted by Gasteiger charge is 2.35. The van der Waals surface area contributed by atoms with E-state index >= 15 is 0 Å². The molecule has 28 heavy (non-hydrogen) atoms. The Balaban J connectivity index is 1.51. The van der Waals surface area contributed by atoms with E-state index in [2.05, 4.69) is 9.82 Å². The summed E-state index contributed by atoms with van der Waals surface area (Å²) in [6.07, 6.45) is 10.5. The maximum absolute atomic E-state index is 13.2. The van der Waals surface area contributed by atoms with Crippen molar-refractivity contribution in [1.29, 1.82) is 0 Å². The fourth-order valence-electron chi connectivity index (χ4n) is 4.28. The van der Waals surface area contributed by atoms with Gasteiger partial charge in [-0.2, -0.15) is 5.10 Å². The highest BCUT2D eigenvalue weighted by Crippen LogP contribution is 2.24. The van der Waals surface area contributed by atoms with Crippen molar-refractivity contribution in [3.8, 4) is 5.82 Å². The number of sulfonamides is 1. The number of carbonyl (C=O) groups is 1. The summed E-state index contributed by atoms with van der Waals surface area (Å²) in [4.78, 5) is 14.8. The maximum atomic E-state index is 13.2. The Morgan fingerprint density at radius 1 is 1.14 bits per heavy atom. The van der Waals surface area contributed by atoms with E-state index in [1.165, 1.54) is 0 Å². The number of hydrogen-bond donors (Lipinski definition) is 1. The first-order chi connectivity index (χ1) is 13.5. The lowest BCUT2D eigenvalue weighted by Crippen LogP contribution is -2.50. The summed E-state index contributed by atoms with van der Waals surface area (Å²) in [5.74, 6) is 0.515. The second kappa shape index (κ2) is 7.71. The molecule has 4 rings (SSSR count). The third-order valence-electron chi connectivity index (χ3n) is 5.78. The molecule has 0 radical (unpaired) electrons. The van der Waals surface area contributed by atoms with Gasteiger partial charge >= 0.3 is 0 Å². The van der Waals surface area contributed by atoms with E-state index in [0.29, 0.717) is 30.8 Å². The second-order valence-corrected chi connectivity index (χ2v) is 9.75. The van der Waals surface area contributed by atoms with Crippen LogP contribution in [0.5, 0.6) is 0 Å². The minimum absolute atomic E-state index is 0.0507. The second-order valence-electron chi connectivity index (χ2n) is 7.76. The van der Waals surface area contributed by atoms with Gasteiger partial charge in [0.25, 0.3) is 5.91 Å². The molecule has 1 amide bonds. The van der Waals surface area contributed by atoms with E-state index in [1.54, 1.807) is 22.8 Å². The van der Waals surface area contributed by atoms with Crippen LogP contribution in [0.15, 0.2) is 30.7 Å². The van der Waals surface area contributed by atoms with Crippen LogP contribution in [0.4, 0.5) is 0 Å². The Labute approximate surface area is 165 Å². The molecule has 0 bridgehead atoms. The van der Waals surface area contributed by atoms with Gasteiger partial charge in [0.05, 0.1) is 11.4 Å². The molecule has 152 valence electrons. The fourth-order valence-corrected chi connectivity index (χ4v) is 6.03. The predicted molar refractivity (Wildman–Crippen MR) is 106 cm³/mol. The quantitative estimate of drug-likeness (QED) is 0.820. The highest BCUT2D eigenvalue weighted by atomic mass is 32.2. The van der Waals surface area contributed by atoms with Crippen LogP contribution in [0.2, 0.25) is 0 Å². The van der Waals surface area contributed by atoms with E-state index in [9.17, 15) is 13.2 Å². The molecule has 1 aliphatic carbocycles. The van der Waals surface area contributed by atoms with Crippen molar-refractivity contribution in [1.82, 2.24) is 24.0 Å². The highest BCUT2D eigenvalue weighted by molar-refractivity contribution is 7.90. The molecule has 0 aromatic carbocycles. The molecule has 2 aliphatic rings. The van der Waals surface area contributed by atoms with Crippen molar-refractivity contribution in [3.63, 3.8) is 0 Å². The monoisotopic (exact) mass is 405 g/mol. The van der Waals surface area contributed by atoms with Gasteiger partial charge < -0.3 is 9.47 Å². The average molecular weight is 406 g/mol. The first kappa shape index (κ1) is 19.2. The van der Waals surface area contributed by atoms with Crippen LogP contribution in [-0.2, 0) is 17.1 Å². The Hall–Kier alpha value is -2.13. The zero-order valence-corrected chi connectivity index (χ0v) is 16.9. The molecule has 1 atom stereocenters. The number of piperidine rings is 1. The van der Waals surface area contributed by atoms with Crippen LogP contribution in [-0.4, -0.2) is 58.0 Å². The van der Waals surface area contributed by atoms with E-state index in [4.69, 9.17) is 0 Å². The molecule has 8 nitrogen and oxygen atoms in total. The Morgan fingerprint density at radius 2 is 1.86 bits per heavy atom. The van der Waals surface area contributed by atoms with Crippen molar-refractivity contribution in [3.05, 3.63) is 36.3 Å². The summed E-state index contributed by atoms with van der Waals surface area (Å²) < 4.78 is 32.1. The summed E-state index contributed by atoms with van der Waals surface area (Å²) in [6.45, 7) is 0.787. The van der Waals surface area contributed by atoms with Crippen LogP contribution >= 0.6 is 0 Å². The molecule has 9 heteroatoms. The SMILES string of the molecule is Cn1ncc(C(=O)N2CCC[C@H](S(=O)(=O)NC3CCCC3)C2)c1-n1cccc1. The van der Waals surface area contributed by atoms with Crippen LogP contribution in [0, 0.1) is 0 Å². The number of rotatable bonds is 5. The smallest absolute Gasteiger partial charge is 0.259 e. The zero-order chi connectivity index (χ0) is 19.7. The number of nitrogens with one attached hydrogen (secondary N) is 1. The molecular formula is C19H27N5O3S. The molecule has 2 fully saturated rings. The Bertz CT molecular complexity index is 929. The summed E-state index contributed by atoms with van der Waals surface area (Å²) in [7, 11) is -1.64. The normalized spacial score (nSPS) is 21.3. The van der Waals surface area contributed by atoms with Gasteiger partial charge in [0, 0.05) is 38.6 Å². The molecule has 3 heterocycles. The molecule has 0 unspecified atom stereocenters. The minimum Gasteiger partial charge on any atom is -0.337 e. The van der Waals surface area contributed by atoms with E-state index in [-0.39, 0.29) is 18.5 Å². The van der Waals surface area contributed by atoms with Gasteiger partial charge in [0.2, 0.25) is 10.0 Å². The van der Waals surface area contributed by atoms with Gasteiger partial charge in [-0.1, -0.05) is 12.8 Å². The predicted octanol–water partition coefficient (Wildman–Crippen LogP) is 1.68. The zero-order valence-electron chi connectivity index (χ0n) is 16.1. The van der Waals surface area contributed by atoms with Crippen LogP contribution < -0.4 is 4.72 Å². The van der Waals surface area contributed by atoms with Gasteiger partial charge in [0.1, 0.15) is 11.4 Å². The molecule has 1 saturated carbocycles. The summed E-state index contributed by atoms with van der Waals surface area (Å²) in [5, 5.41) is 3.68.